The lowest BCUT2D eigenvalue weighted by Crippen LogP contribution is -2.44. The van der Waals surface area contributed by atoms with Crippen molar-refractivity contribution in [3.63, 3.8) is 0 Å². The number of imidazole rings is 1. The summed E-state index contributed by atoms with van der Waals surface area (Å²) in [5.41, 5.74) is 0. The van der Waals surface area contributed by atoms with E-state index in [1.165, 1.54) is 7.11 Å². The minimum atomic E-state index is -0.235. The molecule has 0 aromatic carbocycles. The SMILES string of the molecule is COC(=O)C(CCN1CCn2ccnc2C1)NC(C)C. The Kier molecular flexibility index (Phi) is 5.14. The first-order chi connectivity index (χ1) is 9.60. The number of fused-ring (bicyclic) bond motifs is 1. The average Bonchev–Trinajstić information content (AvgIpc) is 2.89. The van der Waals surface area contributed by atoms with Crippen LogP contribution in [0.5, 0.6) is 0 Å². The molecule has 1 unspecified atom stereocenters. The highest BCUT2D eigenvalue weighted by Crippen LogP contribution is 2.11. The fourth-order valence-corrected chi connectivity index (χ4v) is 2.54. The van der Waals surface area contributed by atoms with Crippen LogP contribution in [-0.4, -0.2) is 52.7 Å². The molecule has 0 spiro atoms. The van der Waals surface area contributed by atoms with Crippen LogP contribution in [0, 0.1) is 0 Å². The predicted octanol–water partition coefficient (Wildman–Crippen LogP) is 0.628. The molecule has 1 atom stereocenters. The summed E-state index contributed by atoms with van der Waals surface area (Å²) in [5, 5.41) is 3.26. The maximum atomic E-state index is 11.8. The van der Waals surface area contributed by atoms with Gasteiger partial charge >= 0.3 is 5.97 Å². The summed E-state index contributed by atoms with van der Waals surface area (Å²) >= 11 is 0. The summed E-state index contributed by atoms with van der Waals surface area (Å²) < 4.78 is 7.04. The molecule has 0 radical (unpaired) electrons. The van der Waals surface area contributed by atoms with E-state index in [0.29, 0.717) is 0 Å². The van der Waals surface area contributed by atoms with Crippen molar-refractivity contribution in [2.45, 2.75) is 45.4 Å². The van der Waals surface area contributed by atoms with E-state index in [4.69, 9.17) is 4.74 Å². The molecule has 1 aliphatic heterocycles. The Morgan fingerprint density at radius 3 is 3.00 bits per heavy atom. The number of hydrogen-bond acceptors (Lipinski definition) is 5. The number of nitrogens with one attached hydrogen (secondary N) is 1. The smallest absolute Gasteiger partial charge is 0.322 e. The van der Waals surface area contributed by atoms with E-state index in [1.54, 1.807) is 0 Å². The second-order valence-corrected chi connectivity index (χ2v) is 5.50. The van der Waals surface area contributed by atoms with Gasteiger partial charge in [-0.15, -0.1) is 0 Å². The highest BCUT2D eigenvalue weighted by Gasteiger charge is 2.22. The van der Waals surface area contributed by atoms with E-state index in [-0.39, 0.29) is 18.1 Å². The molecule has 0 saturated heterocycles. The van der Waals surface area contributed by atoms with Crippen LogP contribution in [-0.2, 0) is 22.6 Å². The van der Waals surface area contributed by atoms with Gasteiger partial charge in [0.1, 0.15) is 11.9 Å². The Bertz CT molecular complexity index is 444. The number of rotatable bonds is 6. The van der Waals surface area contributed by atoms with E-state index >= 15 is 0 Å². The highest BCUT2D eigenvalue weighted by atomic mass is 16.5. The monoisotopic (exact) mass is 280 g/mol. The molecule has 0 fully saturated rings. The van der Waals surface area contributed by atoms with Crippen molar-refractivity contribution in [2.75, 3.05) is 20.2 Å². The average molecular weight is 280 g/mol. The third kappa shape index (κ3) is 3.80. The van der Waals surface area contributed by atoms with E-state index in [9.17, 15) is 4.79 Å². The molecule has 6 heteroatoms. The Morgan fingerprint density at radius 2 is 2.30 bits per heavy atom. The third-order valence-corrected chi connectivity index (χ3v) is 3.58. The zero-order valence-electron chi connectivity index (χ0n) is 12.5. The maximum Gasteiger partial charge on any atom is 0.322 e. The van der Waals surface area contributed by atoms with Gasteiger partial charge in [0.05, 0.1) is 13.7 Å². The Morgan fingerprint density at radius 1 is 1.50 bits per heavy atom. The predicted molar refractivity (Wildman–Crippen MR) is 76.2 cm³/mol. The number of esters is 1. The molecule has 1 N–H and O–H groups in total. The lowest BCUT2D eigenvalue weighted by atomic mass is 10.1. The number of nitrogens with zero attached hydrogens (tertiary/aromatic N) is 3. The van der Waals surface area contributed by atoms with Crippen molar-refractivity contribution in [3.05, 3.63) is 18.2 Å². The van der Waals surface area contributed by atoms with Crippen molar-refractivity contribution in [3.8, 4) is 0 Å². The molecule has 2 heterocycles. The number of methoxy groups -OCH3 is 1. The van der Waals surface area contributed by atoms with Crippen molar-refractivity contribution < 1.29 is 9.53 Å². The molecular weight excluding hydrogens is 256 g/mol. The van der Waals surface area contributed by atoms with Crippen LogP contribution >= 0.6 is 0 Å². The Hall–Kier alpha value is -1.40. The summed E-state index contributed by atoms with van der Waals surface area (Å²) in [6, 6.07) is 0.0287. The summed E-state index contributed by atoms with van der Waals surface area (Å²) in [6.07, 6.45) is 4.62. The molecule has 1 aromatic heterocycles. The van der Waals surface area contributed by atoms with Gasteiger partial charge in [0.25, 0.3) is 0 Å². The van der Waals surface area contributed by atoms with E-state index in [1.807, 2.05) is 26.2 Å². The molecule has 0 aliphatic carbocycles. The van der Waals surface area contributed by atoms with Gasteiger partial charge in [-0.2, -0.15) is 0 Å². The molecule has 0 saturated carbocycles. The van der Waals surface area contributed by atoms with Crippen LogP contribution in [0.2, 0.25) is 0 Å². The molecular formula is C14H24N4O2. The molecule has 1 aliphatic rings. The Balaban J connectivity index is 1.85. The first-order valence-electron chi connectivity index (χ1n) is 7.16. The van der Waals surface area contributed by atoms with Gasteiger partial charge < -0.3 is 14.6 Å². The zero-order chi connectivity index (χ0) is 14.5. The number of hydrogen-bond donors (Lipinski definition) is 1. The number of carbonyl (C=O) groups excluding carboxylic acids is 1. The largest absolute Gasteiger partial charge is 0.468 e. The second-order valence-electron chi connectivity index (χ2n) is 5.50. The van der Waals surface area contributed by atoms with Gasteiger partial charge in [0.15, 0.2) is 0 Å². The molecule has 6 nitrogen and oxygen atoms in total. The second kappa shape index (κ2) is 6.85. The van der Waals surface area contributed by atoms with Crippen LogP contribution in [0.1, 0.15) is 26.1 Å². The van der Waals surface area contributed by atoms with Gasteiger partial charge in [-0.3, -0.25) is 9.69 Å². The van der Waals surface area contributed by atoms with Gasteiger partial charge in [0, 0.05) is 38.1 Å². The Labute approximate surface area is 120 Å². The molecule has 0 bridgehead atoms. The minimum Gasteiger partial charge on any atom is -0.468 e. The van der Waals surface area contributed by atoms with Crippen molar-refractivity contribution >= 4 is 5.97 Å². The summed E-state index contributed by atoms with van der Waals surface area (Å²) in [4.78, 5) is 18.4. The molecule has 0 amide bonds. The first kappa shape index (κ1) is 15.0. The van der Waals surface area contributed by atoms with Crippen molar-refractivity contribution in [2.24, 2.45) is 0 Å². The van der Waals surface area contributed by atoms with Gasteiger partial charge in [0.2, 0.25) is 0 Å². The van der Waals surface area contributed by atoms with Crippen LogP contribution in [0.15, 0.2) is 12.4 Å². The molecule has 1 aromatic rings. The molecule has 20 heavy (non-hydrogen) atoms. The van der Waals surface area contributed by atoms with E-state index in [0.717, 1.165) is 38.4 Å². The van der Waals surface area contributed by atoms with Gasteiger partial charge in [-0.05, 0) is 6.42 Å². The third-order valence-electron chi connectivity index (χ3n) is 3.58. The topological polar surface area (TPSA) is 59.4 Å². The zero-order valence-corrected chi connectivity index (χ0v) is 12.5. The maximum absolute atomic E-state index is 11.8. The number of ether oxygens (including phenoxy) is 1. The quantitative estimate of drug-likeness (QED) is 0.775. The van der Waals surface area contributed by atoms with Gasteiger partial charge in [-0.1, -0.05) is 13.8 Å². The van der Waals surface area contributed by atoms with E-state index < -0.39 is 0 Å². The summed E-state index contributed by atoms with van der Waals surface area (Å²) in [6.45, 7) is 7.75. The molecule has 2 rings (SSSR count). The van der Waals surface area contributed by atoms with Crippen molar-refractivity contribution in [1.29, 1.82) is 0 Å². The standard InChI is InChI=1S/C14H24N4O2/c1-11(2)16-12(14(19)20-3)4-6-17-8-9-18-7-5-15-13(18)10-17/h5,7,11-12,16H,4,6,8-10H2,1-3H3. The van der Waals surface area contributed by atoms with Crippen LogP contribution in [0.3, 0.4) is 0 Å². The van der Waals surface area contributed by atoms with Crippen LogP contribution in [0.25, 0.3) is 0 Å². The van der Waals surface area contributed by atoms with Crippen LogP contribution < -0.4 is 5.32 Å². The fourth-order valence-electron chi connectivity index (χ4n) is 2.54. The summed E-state index contributed by atoms with van der Waals surface area (Å²) in [7, 11) is 1.44. The van der Waals surface area contributed by atoms with Gasteiger partial charge in [-0.25, -0.2) is 4.98 Å². The lowest BCUT2D eigenvalue weighted by Gasteiger charge is -2.29. The molecule has 112 valence electrons. The normalized spacial score (nSPS) is 17.0. The summed E-state index contributed by atoms with van der Waals surface area (Å²) in [5.74, 6) is 0.917. The minimum absolute atomic E-state index is 0.183. The highest BCUT2D eigenvalue weighted by molar-refractivity contribution is 5.75. The van der Waals surface area contributed by atoms with Crippen LogP contribution in [0.4, 0.5) is 0 Å². The number of aromatic nitrogens is 2. The van der Waals surface area contributed by atoms with E-state index in [2.05, 4.69) is 19.8 Å². The number of carbonyl (C=O) groups is 1. The van der Waals surface area contributed by atoms with Crippen molar-refractivity contribution in [1.82, 2.24) is 19.8 Å². The first-order valence-corrected chi connectivity index (χ1v) is 7.16. The lowest BCUT2D eigenvalue weighted by molar-refractivity contribution is -0.143. The fraction of sp³-hybridized carbons (Fsp3) is 0.714.